The Kier molecular flexibility index (Phi) is 3.70. The SMILES string of the molecule is CC1(C)CC(NC(=O)c2cn[nH]c2-c2ccc(F)cc2)CO1. The number of hydrogen-bond acceptors (Lipinski definition) is 3. The highest BCUT2D eigenvalue weighted by atomic mass is 19.1. The zero-order chi connectivity index (χ0) is 15.7. The van der Waals surface area contributed by atoms with Gasteiger partial charge >= 0.3 is 0 Å². The number of aromatic amines is 1. The summed E-state index contributed by atoms with van der Waals surface area (Å²) in [7, 11) is 0. The zero-order valence-corrected chi connectivity index (χ0v) is 12.5. The van der Waals surface area contributed by atoms with Crippen molar-refractivity contribution >= 4 is 5.91 Å². The van der Waals surface area contributed by atoms with E-state index in [1.807, 2.05) is 13.8 Å². The van der Waals surface area contributed by atoms with Crippen LogP contribution >= 0.6 is 0 Å². The molecule has 1 fully saturated rings. The molecule has 2 aromatic rings. The normalized spacial score (nSPS) is 20.0. The minimum Gasteiger partial charge on any atom is -0.373 e. The van der Waals surface area contributed by atoms with E-state index in [9.17, 15) is 9.18 Å². The van der Waals surface area contributed by atoms with Gasteiger partial charge in [0.2, 0.25) is 0 Å². The van der Waals surface area contributed by atoms with E-state index in [0.717, 1.165) is 6.42 Å². The lowest BCUT2D eigenvalue weighted by Crippen LogP contribution is -2.35. The van der Waals surface area contributed by atoms with E-state index in [2.05, 4.69) is 15.5 Å². The summed E-state index contributed by atoms with van der Waals surface area (Å²) in [5.74, 6) is -0.529. The predicted molar refractivity (Wildman–Crippen MR) is 79.9 cm³/mol. The number of rotatable bonds is 3. The van der Waals surface area contributed by atoms with Gasteiger partial charge in [-0.05, 0) is 44.5 Å². The molecule has 1 aliphatic rings. The van der Waals surface area contributed by atoms with Gasteiger partial charge in [0.05, 0.1) is 35.7 Å². The number of aromatic nitrogens is 2. The number of hydrogen-bond donors (Lipinski definition) is 2. The van der Waals surface area contributed by atoms with Crippen molar-refractivity contribution in [3.8, 4) is 11.3 Å². The van der Waals surface area contributed by atoms with Gasteiger partial charge in [0.1, 0.15) is 5.82 Å². The van der Waals surface area contributed by atoms with Crippen LogP contribution < -0.4 is 5.32 Å². The number of carbonyl (C=O) groups excluding carboxylic acids is 1. The van der Waals surface area contributed by atoms with Gasteiger partial charge in [-0.15, -0.1) is 0 Å². The van der Waals surface area contributed by atoms with E-state index in [1.54, 1.807) is 12.1 Å². The van der Waals surface area contributed by atoms with Crippen LogP contribution in [0.1, 0.15) is 30.6 Å². The fourth-order valence-corrected chi connectivity index (χ4v) is 2.69. The largest absolute Gasteiger partial charge is 0.373 e. The molecule has 116 valence electrons. The smallest absolute Gasteiger partial charge is 0.255 e. The first kappa shape index (κ1) is 14.7. The van der Waals surface area contributed by atoms with Crippen LogP contribution in [-0.2, 0) is 4.74 Å². The number of benzene rings is 1. The standard InChI is InChI=1S/C16H18FN3O2/c1-16(2)7-12(9-22-16)19-15(21)13-8-18-20-14(13)10-3-5-11(17)6-4-10/h3-6,8,12H,7,9H2,1-2H3,(H,18,20)(H,19,21). The predicted octanol–water partition coefficient (Wildman–Crippen LogP) is 2.51. The fraction of sp³-hybridized carbons (Fsp3) is 0.375. The first-order chi connectivity index (χ1) is 10.4. The van der Waals surface area contributed by atoms with Gasteiger partial charge in [-0.25, -0.2) is 4.39 Å². The molecule has 0 radical (unpaired) electrons. The molecule has 1 saturated heterocycles. The van der Waals surface area contributed by atoms with Crippen LogP contribution in [0.2, 0.25) is 0 Å². The summed E-state index contributed by atoms with van der Waals surface area (Å²) in [6, 6.07) is 5.91. The molecule has 1 aromatic carbocycles. The molecule has 0 aliphatic carbocycles. The van der Waals surface area contributed by atoms with Gasteiger partial charge in [0.25, 0.3) is 5.91 Å². The molecule has 3 rings (SSSR count). The average molecular weight is 303 g/mol. The molecule has 1 unspecified atom stereocenters. The van der Waals surface area contributed by atoms with Crippen LogP contribution in [0, 0.1) is 5.82 Å². The van der Waals surface area contributed by atoms with Crippen molar-refractivity contribution < 1.29 is 13.9 Å². The summed E-state index contributed by atoms with van der Waals surface area (Å²) in [5, 5.41) is 9.69. The number of carbonyl (C=O) groups is 1. The summed E-state index contributed by atoms with van der Waals surface area (Å²) in [4.78, 5) is 12.4. The second-order valence-corrected chi connectivity index (χ2v) is 6.11. The third-order valence-electron chi connectivity index (χ3n) is 3.77. The maximum absolute atomic E-state index is 13.0. The van der Waals surface area contributed by atoms with Gasteiger partial charge in [0, 0.05) is 5.56 Å². The molecule has 1 amide bonds. The zero-order valence-electron chi connectivity index (χ0n) is 12.5. The first-order valence-electron chi connectivity index (χ1n) is 7.19. The highest BCUT2D eigenvalue weighted by Crippen LogP contribution is 2.26. The van der Waals surface area contributed by atoms with Crippen molar-refractivity contribution in [3.63, 3.8) is 0 Å². The van der Waals surface area contributed by atoms with Gasteiger partial charge < -0.3 is 10.1 Å². The van der Waals surface area contributed by atoms with E-state index in [-0.39, 0.29) is 23.4 Å². The number of amides is 1. The Morgan fingerprint density at radius 3 is 2.77 bits per heavy atom. The second kappa shape index (κ2) is 5.53. The molecule has 22 heavy (non-hydrogen) atoms. The molecular formula is C16H18FN3O2. The number of H-pyrrole nitrogens is 1. The molecule has 0 bridgehead atoms. The van der Waals surface area contributed by atoms with Crippen molar-refractivity contribution in [2.45, 2.75) is 31.9 Å². The van der Waals surface area contributed by atoms with Crippen LogP contribution in [-0.4, -0.2) is 34.4 Å². The lowest BCUT2D eigenvalue weighted by molar-refractivity contribution is 0.0355. The Bertz CT molecular complexity index is 679. The summed E-state index contributed by atoms with van der Waals surface area (Å²) in [5.41, 5.74) is 1.52. The summed E-state index contributed by atoms with van der Waals surface area (Å²) >= 11 is 0. The summed E-state index contributed by atoms with van der Waals surface area (Å²) < 4.78 is 18.6. The van der Waals surface area contributed by atoms with Crippen LogP contribution in [0.5, 0.6) is 0 Å². The average Bonchev–Trinajstić information content (AvgIpc) is 3.06. The van der Waals surface area contributed by atoms with Crippen molar-refractivity contribution in [2.24, 2.45) is 0 Å². The van der Waals surface area contributed by atoms with Crippen molar-refractivity contribution in [2.75, 3.05) is 6.61 Å². The summed E-state index contributed by atoms with van der Waals surface area (Å²) in [6.07, 6.45) is 2.25. The highest BCUT2D eigenvalue weighted by Gasteiger charge is 2.33. The lowest BCUT2D eigenvalue weighted by Gasteiger charge is -2.16. The highest BCUT2D eigenvalue weighted by molar-refractivity contribution is 5.99. The minimum atomic E-state index is -0.320. The first-order valence-corrected chi connectivity index (χ1v) is 7.19. The van der Waals surface area contributed by atoms with Gasteiger partial charge in [-0.1, -0.05) is 0 Å². The van der Waals surface area contributed by atoms with E-state index >= 15 is 0 Å². The van der Waals surface area contributed by atoms with Crippen LogP contribution in [0.3, 0.4) is 0 Å². The Hall–Kier alpha value is -2.21. The third-order valence-corrected chi connectivity index (χ3v) is 3.77. The minimum absolute atomic E-state index is 0.0153. The van der Waals surface area contributed by atoms with Gasteiger partial charge in [-0.3, -0.25) is 9.89 Å². The topological polar surface area (TPSA) is 67.0 Å². The fourth-order valence-electron chi connectivity index (χ4n) is 2.69. The van der Waals surface area contributed by atoms with Crippen LogP contribution in [0.15, 0.2) is 30.5 Å². The third kappa shape index (κ3) is 3.01. The molecule has 1 aromatic heterocycles. The van der Waals surface area contributed by atoms with E-state index in [4.69, 9.17) is 4.74 Å². The van der Waals surface area contributed by atoms with Crippen LogP contribution in [0.4, 0.5) is 4.39 Å². The lowest BCUT2D eigenvalue weighted by atomic mass is 10.0. The second-order valence-electron chi connectivity index (χ2n) is 6.11. The van der Waals surface area contributed by atoms with E-state index < -0.39 is 0 Å². The Morgan fingerprint density at radius 1 is 1.41 bits per heavy atom. The number of ether oxygens (including phenoxy) is 1. The Labute approximate surface area is 127 Å². The van der Waals surface area contributed by atoms with Crippen molar-refractivity contribution in [1.82, 2.24) is 15.5 Å². The van der Waals surface area contributed by atoms with Gasteiger partial charge in [-0.2, -0.15) is 5.10 Å². The maximum Gasteiger partial charge on any atom is 0.255 e. The molecule has 0 saturated carbocycles. The molecule has 0 spiro atoms. The van der Waals surface area contributed by atoms with Crippen molar-refractivity contribution in [1.29, 1.82) is 0 Å². The molecule has 1 aliphatic heterocycles. The monoisotopic (exact) mass is 303 g/mol. The molecule has 6 heteroatoms. The Morgan fingerprint density at radius 2 is 2.14 bits per heavy atom. The molecule has 2 N–H and O–H groups in total. The molecule has 1 atom stereocenters. The quantitative estimate of drug-likeness (QED) is 0.915. The molecule has 5 nitrogen and oxygen atoms in total. The summed E-state index contributed by atoms with van der Waals surface area (Å²) in [6.45, 7) is 4.50. The Balaban J connectivity index is 1.77. The number of nitrogens with one attached hydrogen (secondary N) is 2. The number of halogens is 1. The number of nitrogens with zero attached hydrogens (tertiary/aromatic N) is 1. The van der Waals surface area contributed by atoms with Crippen molar-refractivity contribution in [3.05, 3.63) is 41.8 Å². The maximum atomic E-state index is 13.0. The van der Waals surface area contributed by atoms with E-state index in [1.165, 1.54) is 18.3 Å². The molecule has 2 heterocycles. The van der Waals surface area contributed by atoms with Crippen LogP contribution in [0.25, 0.3) is 11.3 Å². The van der Waals surface area contributed by atoms with Gasteiger partial charge in [0.15, 0.2) is 0 Å². The molecular weight excluding hydrogens is 285 g/mol. The van der Waals surface area contributed by atoms with E-state index in [0.29, 0.717) is 23.4 Å².